The van der Waals surface area contributed by atoms with Gasteiger partial charge in [0.05, 0.1) is 31.3 Å². The predicted octanol–water partition coefficient (Wildman–Crippen LogP) is 9.70. The molecule has 1 rings (SSSR count). The second-order valence-electron chi connectivity index (χ2n) is 18.5. The maximum Gasteiger partial charge on any atom is 0.472 e. The van der Waals surface area contributed by atoms with Crippen LogP contribution in [-0.4, -0.2) is 108 Å². The lowest BCUT2D eigenvalue weighted by Gasteiger charge is -2.41. The Morgan fingerprint density at radius 2 is 0.908 bits per heavy atom. The van der Waals surface area contributed by atoms with Crippen molar-refractivity contribution < 1.29 is 59.0 Å². The van der Waals surface area contributed by atoms with E-state index in [1.165, 1.54) is 141 Å². The van der Waals surface area contributed by atoms with Gasteiger partial charge in [-0.05, 0) is 44.9 Å². The number of amides is 1. The van der Waals surface area contributed by atoms with Crippen molar-refractivity contribution in [2.75, 3.05) is 6.61 Å². The van der Waals surface area contributed by atoms with Gasteiger partial charge in [-0.2, -0.15) is 0 Å². The Balaban J connectivity index is 2.52. The summed E-state index contributed by atoms with van der Waals surface area (Å²) in [7, 11) is -5.16. The summed E-state index contributed by atoms with van der Waals surface area (Å²) in [6, 6.07) is -1.26. The number of carbonyl (C=O) groups is 1. The van der Waals surface area contributed by atoms with Gasteiger partial charge in [-0.3, -0.25) is 13.8 Å². The molecule has 0 saturated heterocycles. The van der Waals surface area contributed by atoms with E-state index < -0.39 is 75.2 Å². The average Bonchev–Trinajstić information content (AvgIpc) is 3.28. The highest BCUT2D eigenvalue weighted by molar-refractivity contribution is 7.47. The Morgan fingerprint density at radius 1 is 0.538 bits per heavy atom. The summed E-state index contributed by atoms with van der Waals surface area (Å²) in [6.45, 7) is 3.74. The second-order valence-corrected chi connectivity index (χ2v) is 20.0. The van der Waals surface area contributed by atoms with Crippen LogP contribution >= 0.6 is 7.82 Å². The SMILES string of the molecule is CCCCCCCCCCCCC/C=C/CC/C=C/CC/C=C/C(O)C(COP(=O)(O)OC1C(O)C(O)C(O)C(O)C1O)NC(=O)CC(O)CCCCCCCCCCCCCCCC. The molecule has 1 saturated carbocycles. The fraction of sp³-hybridized carbons (Fsp3) is 0.863. The number of aliphatic hydroxyl groups excluding tert-OH is 7. The number of aliphatic hydroxyl groups is 7. The summed E-state index contributed by atoms with van der Waals surface area (Å²) in [5.41, 5.74) is 0. The molecule has 1 aliphatic rings. The Kier molecular flexibility index (Phi) is 38.3. The molecule has 65 heavy (non-hydrogen) atoms. The molecule has 0 aliphatic heterocycles. The highest BCUT2D eigenvalue weighted by Crippen LogP contribution is 2.47. The van der Waals surface area contributed by atoms with Crippen LogP contribution in [0.3, 0.4) is 0 Å². The number of unbranched alkanes of at least 4 members (excludes halogenated alkanes) is 26. The Bertz CT molecular complexity index is 1250. The summed E-state index contributed by atoms with van der Waals surface area (Å²) in [5, 5.41) is 74.6. The molecule has 1 amide bonds. The molecule has 0 aromatic heterocycles. The normalized spacial score (nSPS) is 22.8. The van der Waals surface area contributed by atoms with Crippen molar-refractivity contribution in [2.24, 2.45) is 0 Å². The van der Waals surface area contributed by atoms with E-state index in [0.29, 0.717) is 19.3 Å². The minimum Gasteiger partial charge on any atom is -0.393 e. The van der Waals surface area contributed by atoms with Gasteiger partial charge in [0.2, 0.25) is 5.91 Å². The molecule has 9 N–H and O–H groups in total. The third-order valence-electron chi connectivity index (χ3n) is 12.5. The van der Waals surface area contributed by atoms with Crippen LogP contribution in [0, 0.1) is 0 Å². The number of rotatable bonds is 43. The first-order valence-electron chi connectivity index (χ1n) is 26.0. The zero-order valence-corrected chi connectivity index (χ0v) is 41.5. The van der Waals surface area contributed by atoms with Crippen LogP contribution in [0.2, 0.25) is 0 Å². The van der Waals surface area contributed by atoms with Crippen LogP contribution in [-0.2, 0) is 18.4 Å². The molecule has 0 bridgehead atoms. The number of allylic oxidation sites excluding steroid dienone is 5. The maximum absolute atomic E-state index is 13.0. The first-order chi connectivity index (χ1) is 31.3. The van der Waals surface area contributed by atoms with Crippen LogP contribution in [0.15, 0.2) is 36.5 Å². The van der Waals surface area contributed by atoms with Gasteiger partial charge in [0.15, 0.2) is 0 Å². The van der Waals surface area contributed by atoms with Crippen LogP contribution in [0.5, 0.6) is 0 Å². The maximum atomic E-state index is 13.0. The third-order valence-corrected chi connectivity index (χ3v) is 13.4. The lowest BCUT2D eigenvalue weighted by Crippen LogP contribution is -2.64. The van der Waals surface area contributed by atoms with Gasteiger partial charge in [0, 0.05) is 0 Å². The van der Waals surface area contributed by atoms with Gasteiger partial charge in [0.25, 0.3) is 0 Å². The van der Waals surface area contributed by atoms with E-state index in [4.69, 9.17) is 9.05 Å². The van der Waals surface area contributed by atoms with Gasteiger partial charge in [0.1, 0.15) is 36.6 Å². The molecule has 8 atom stereocenters. The largest absolute Gasteiger partial charge is 0.472 e. The molecule has 8 unspecified atom stereocenters. The average molecular weight is 946 g/mol. The van der Waals surface area contributed by atoms with Crippen molar-refractivity contribution in [3.8, 4) is 0 Å². The third kappa shape index (κ3) is 32.1. The molecule has 14 heteroatoms. The van der Waals surface area contributed by atoms with Gasteiger partial charge in [-0.15, -0.1) is 0 Å². The molecule has 1 aliphatic carbocycles. The monoisotopic (exact) mass is 946 g/mol. The van der Waals surface area contributed by atoms with Crippen molar-refractivity contribution in [1.29, 1.82) is 0 Å². The number of phosphoric acid groups is 1. The van der Waals surface area contributed by atoms with Crippen LogP contribution in [0.4, 0.5) is 0 Å². The Morgan fingerprint density at radius 3 is 1.35 bits per heavy atom. The van der Waals surface area contributed by atoms with E-state index in [2.05, 4.69) is 43.5 Å². The molecule has 0 aromatic carbocycles. The van der Waals surface area contributed by atoms with E-state index in [9.17, 15) is 50.0 Å². The predicted molar refractivity (Wildman–Crippen MR) is 261 cm³/mol. The van der Waals surface area contributed by atoms with E-state index in [0.717, 1.165) is 44.9 Å². The zero-order valence-electron chi connectivity index (χ0n) is 40.7. The summed E-state index contributed by atoms with van der Waals surface area (Å²) in [6.07, 6.45) is 33.7. The first-order valence-corrected chi connectivity index (χ1v) is 27.5. The Hall–Kier alpha value is -1.48. The van der Waals surface area contributed by atoms with E-state index >= 15 is 0 Å². The summed E-state index contributed by atoms with van der Waals surface area (Å²) >= 11 is 0. The standard InChI is InChI=1S/C51H96NO12P/c1-3-5-7-9-11-13-15-17-19-20-21-22-23-24-25-27-29-31-33-35-37-39-44(54)43(41-63-65(61,62)64-51-49(59)47(57)46(56)48(58)50(51)60)52-45(55)40-42(53)38-36-34-32-30-28-26-18-16-14-12-10-8-6-4-2/h23-24,29,31,37,39,42-44,46-51,53-54,56-60H,3-22,25-28,30,32-36,38,40-41H2,1-2H3,(H,52,55)(H,61,62)/b24-23+,31-29+,39-37+. The lowest BCUT2D eigenvalue weighted by molar-refractivity contribution is -0.220. The number of phosphoric ester groups is 1. The molecule has 0 radical (unpaired) electrons. The number of hydrogen-bond donors (Lipinski definition) is 9. The van der Waals surface area contributed by atoms with Crippen molar-refractivity contribution in [2.45, 2.75) is 274 Å². The van der Waals surface area contributed by atoms with E-state index in [1.807, 2.05) is 0 Å². The van der Waals surface area contributed by atoms with Gasteiger partial charge in [-0.25, -0.2) is 4.57 Å². The lowest BCUT2D eigenvalue weighted by atomic mass is 9.85. The van der Waals surface area contributed by atoms with Gasteiger partial charge in [-0.1, -0.05) is 204 Å². The number of hydrogen-bond acceptors (Lipinski definition) is 11. The minimum atomic E-state index is -5.16. The smallest absolute Gasteiger partial charge is 0.393 e. The van der Waals surface area contributed by atoms with Gasteiger partial charge >= 0.3 is 7.82 Å². The van der Waals surface area contributed by atoms with Crippen LogP contribution < -0.4 is 5.32 Å². The molecule has 13 nitrogen and oxygen atoms in total. The molecular weight excluding hydrogens is 850 g/mol. The van der Waals surface area contributed by atoms with Crippen molar-refractivity contribution in [3.63, 3.8) is 0 Å². The highest BCUT2D eigenvalue weighted by atomic mass is 31.2. The number of carbonyl (C=O) groups excluding carboxylic acids is 1. The first kappa shape index (κ1) is 61.5. The molecule has 0 heterocycles. The summed E-state index contributed by atoms with van der Waals surface area (Å²) in [5.74, 6) is -0.605. The van der Waals surface area contributed by atoms with Crippen molar-refractivity contribution >= 4 is 13.7 Å². The minimum absolute atomic E-state index is 0.253. The molecule has 1 fully saturated rings. The van der Waals surface area contributed by atoms with Crippen LogP contribution in [0.1, 0.15) is 219 Å². The van der Waals surface area contributed by atoms with E-state index in [1.54, 1.807) is 6.08 Å². The molecule has 0 aromatic rings. The number of nitrogens with one attached hydrogen (secondary N) is 1. The molecule has 0 spiro atoms. The topological polar surface area (TPSA) is 226 Å². The van der Waals surface area contributed by atoms with Gasteiger partial charge < -0.3 is 46.0 Å². The highest BCUT2D eigenvalue weighted by Gasteiger charge is 2.51. The van der Waals surface area contributed by atoms with Crippen molar-refractivity contribution in [1.82, 2.24) is 5.32 Å². The van der Waals surface area contributed by atoms with Crippen LogP contribution in [0.25, 0.3) is 0 Å². The molecular formula is C51H96NO12P. The zero-order chi connectivity index (χ0) is 48.0. The molecule has 382 valence electrons. The fourth-order valence-electron chi connectivity index (χ4n) is 8.21. The quantitative estimate of drug-likeness (QED) is 0.0158. The summed E-state index contributed by atoms with van der Waals surface area (Å²) in [4.78, 5) is 23.5. The summed E-state index contributed by atoms with van der Waals surface area (Å²) < 4.78 is 22.9. The second kappa shape index (κ2) is 40.4. The van der Waals surface area contributed by atoms with Crippen molar-refractivity contribution in [3.05, 3.63) is 36.5 Å². The fourth-order valence-corrected chi connectivity index (χ4v) is 9.18. The Labute approximate surface area is 394 Å². The van der Waals surface area contributed by atoms with E-state index in [-0.39, 0.29) is 6.42 Å².